The van der Waals surface area contributed by atoms with Gasteiger partial charge in [0.2, 0.25) is 0 Å². The number of esters is 1. The van der Waals surface area contributed by atoms with Crippen LogP contribution in [-0.2, 0) is 14.3 Å². The number of hydrogen-bond donors (Lipinski definition) is 0. The zero-order valence-electron chi connectivity index (χ0n) is 9.16. The van der Waals surface area contributed by atoms with Crippen LogP contribution in [0, 0.1) is 5.92 Å². The second kappa shape index (κ2) is 5.97. The molecule has 0 N–H and O–H groups in total. The van der Waals surface area contributed by atoms with Crippen LogP contribution in [0.3, 0.4) is 0 Å². The predicted molar refractivity (Wildman–Crippen MR) is 51.5 cm³/mol. The van der Waals surface area contributed by atoms with Crippen molar-refractivity contribution in [3.63, 3.8) is 0 Å². The van der Waals surface area contributed by atoms with E-state index in [1.54, 1.807) is 6.92 Å². The highest BCUT2D eigenvalue weighted by atomic mass is 16.6. The monoisotopic (exact) mass is 188 g/mol. The Morgan fingerprint density at radius 3 is 2.15 bits per heavy atom. The van der Waals surface area contributed by atoms with Gasteiger partial charge in [-0.05, 0) is 26.2 Å². The van der Waals surface area contributed by atoms with Gasteiger partial charge in [-0.3, -0.25) is 0 Å². The van der Waals surface area contributed by atoms with E-state index in [1.165, 1.54) is 7.11 Å². The number of carbonyl (C=O) groups is 1. The van der Waals surface area contributed by atoms with Gasteiger partial charge < -0.3 is 9.47 Å². The molecular weight excluding hydrogens is 168 g/mol. The van der Waals surface area contributed by atoms with E-state index in [1.807, 2.05) is 6.92 Å². The smallest absolute Gasteiger partial charge is 0.334 e. The van der Waals surface area contributed by atoms with Crippen molar-refractivity contribution >= 4 is 5.97 Å². The van der Waals surface area contributed by atoms with Crippen molar-refractivity contribution in [2.45, 2.75) is 46.3 Å². The molecule has 0 heterocycles. The highest BCUT2D eigenvalue weighted by molar-refractivity contribution is 5.73. The molecule has 0 aromatic rings. The topological polar surface area (TPSA) is 35.5 Å². The highest BCUT2D eigenvalue weighted by Crippen LogP contribution is 2.10. The highest BCUT2D eigenvalue weighted by Gasteiger charge is 2.17. The molecule has 0 spiro atoms. The molecule has 0 saturated carbocycles. The average Bonchev–Trinajstić information content (AvgIpc) is 2.01. The summed E-state index contributed by atoms with van der Waals surface area (Å²) < 4.78 is 9.99. The van der Waals surface area contributed by atoms with E-state index in [0.717, 1.165) is 6.42 Å². The molecule has 13 heavy (non-hydrogen) atoms. The predicted octanol–water partition coefficient (Wildman–Crippen LogP) is 2.00. The summed E-state index contributed by atoms with van der Waals surface area (Å²) in [6.45, 7) is 7.94. The van der Waals surface area contributed by atoms with Crippen LogP contribution in [0.1, 0.15) is 34.1 Å². The van der Waals surface area contributed by atoms with Gasteiger partial charge in [-0.25, -0.2) is 4.79 Å². The third kappa shape index (κ3) is 5.64. The first-order valence-electron chi connectivity index (χ1n) is 4.70. The fraction of sp³-hybridized carbons (Fsp3) is 0.900. The fourth-order valence-corrected chi connectivity index (χ4v) is 1.29. The first-order valence-corrected chi connectivity index (χ1v) is 4.70. The van der Waals surface area contributed by atoms with Crippen LogP contribution in [0.5, 0.6) is 0 Å². The minimum Gasteiger partial charge on any atom is -0.467 e. The maximum absolute atomic E-state index is 11.0. The molecule has 0 aliphatic heterocycles. The molecule has 0 aliphatic rings. The summed E-state index contributed by atoms with van der Waals surface area (Å²) in [5, 5.41) is 0. The minimum atomic E-state index is -0.459. The lowest BCUT2D eigenvalue weighted by Gasteiger charge is -2.18. The molecule has 3 heteroatoms. The van der Waals surface area contributed by atoms with E-state index in [9.17, 15) is 4.79 Å². The normalized spacial score (nSPS) is 15.5. The van der Waals surface area contributed by atoms with Crippen LogP contribution in [0.2, 0.25) is 0 Å². The Labute approximate surface area is 80.4 Å². The molecule has 0 rings (SSSR count). The van der Waals surface area contributed by atoms with Gasteiger partial charge in [-0.1, -0.05) is 13.8 Å². The lowest BCUT2D eigenvalue weighted by molar-refractivity contribution is -0.156. The van der Waals surface area contributed by atoms with E-state index >= 15 is 0 Å². The van der Waals surface area contributed by atoms with Gasteiger partial charge in [-0.2, -0.15) is 0 Å². The van der Waals surface area contributed by atoms with Gasteiger partial charge in [0, 0.05) is 0 Å². The fourth-order valence-electron chi connectivity index (χ4n) is 1.29. The van der Waals surface area contributed by atoms with Gasteiger partial charge in [0.25, 0.3) is 0 Å². The van der Waals surface area contributed by atoms with Crippen molar-refractivity contribution in [2.24, 2.45) is 5.92 Å². The number of carbonyl (C=O) groups excluding carboxylic acids is 1. The van der Waals surface area contributed by atoms with Gasteiger partial charge in [-0.15, -0.1) is 0 Å². The van der Waals surface area contributed by atoms with Gasteiger partial charge in [0.15, 0.2) is 6.10 Å². The lowest BCUT2D eigenvalue weighted by atomic mass is 10.1. The van der Waals surface area contributed by atoms with Crippen molar-refractivity contribution in [3.8, 4) is 0 Å². The van der Waals surface area contributed by atoms with E-state index in [2.05, 4.69) is 18.6 Å². The Kier molecular flexibility index (Phi) is 5.71. The molecule has 78 valence electrons. The molecule has 0 radical (unpaired) electrons. The van der Waals surface area contributed by atoms with E-state index < -0.39 is 6.10 Å². The van der Waals surface area contributed by atoms with E-state index in [4.69, 9.17) is 4.74 Å². The van der Waals surface area contributed by atoms with Gasteiger partial charge in [0.1, 0.15) is 0 Å². The molecule has 0 aromatic carbocycles. The van der Waals surface area contributed by atoms with E-state index in [-0.39, 0.29) is 12.1 Å². The third-order valence-electron chi connectivity index (χ3n) is 1.77. The van der Waals surface area contributed by atoms with Crippen molar-refractivity contribution in [3.05, 3.63) is 0 Å². The number of ether oxygens (including phenoxy) is 2. The van der Waals surface area contributed by atoms with Crippen molar-refractivity contribution in [2.75, 3.05) is 7.11 Å². The molecule has 0 fully saturated rings. The molecule has 0 aliphatic carbocycles. The van der Waals surface area contributed by atoms with Crippen LogP contribution in [0.25, 0.3) is 0 Å². The number of rotatable bonds is 5. The maximum Gasteiger partial charge on any atom is 0.334 e. The zero-order valence-corrected chi connectivity index (χ0v) is 9.16. The Hall–Kier alpha value is -0.570. The summed E-state index contributed by atoms with van der Waals surface area (Å²) in [5.74, 6) is 0.274. The summed E-state index contributed by atoms with van der Waals surface area (Å²) in [6.07, 6.45) is 0.606. The van der Waals surface area contributed by atoms with Crippen molar-refractivity contribution in [1.29, 1.82) is 0 Å². The molecule has 3 nitrogen and oxygen atoms in total. The molecule has 0 aromatic heterocycles. The molecule has 2 atom stereocenters. The Bertz CT molecular complexity index is 154. The summed E-state index contributed by atoms with van der Waals surface area (Å²) in [5.41, 5.74) is 0. The van der Waals surface area contributed by atoms with Crippen LogP contribution < -0.4 is 0 Å². The van der Waals surface area contributed by atoms with Crippen LogP contribution in [0.15, 0.2) is 0 Å². The SMILES string of the molecule is COC(=O)[C@H](C)OC(C)CC(C)C. The third-order valence-corrected chi connectivity index (χ3v) is 1.77. The standard InChI is InChI=1S/C10H20O3/c1-7(2)6-8(3)13-9(4)10(11)12-5/h7-9H,6H2,1-5H3/t8?,9-/m0/s1. The zero-order chi connectivity index (χ0) is 10.4. The molecule has 0 amide bonds. The minimum absolute atomic E-state index is 0.106. The maximum atomic E-state index is 11.0. The number of methoxy groups -OCH3 is 1. The Morgan fingerprint density at radius 2 is 1.77 bits per heavy atom. The van der Waals surface area contributed by atoms with Gasteiger partial charge in [0.05, 0.1) is 13.2 Å². The summed E-state index contributed by atoms with van der Waals surface area (Å²) >= 11 is 0. The summed E-state index contributed by atoms with van der Waals surface area (Å²) in [6, 6.07) is 0. The first-order chi connectivity index (χ1) is 5.97. The Morgan fingerprint density at radius 1 is 1.23 bits per heavy atom. The van der Waals surface area contributed by atoms with Gasteiger partial charge >= 0.3 is 5.97 Å². The first kappa shape index (κ1) is 12.4. The van der Waals surface area contributed by atoms with Crippen LogP contribution in [-0.4, -0.2) is 25.3 Å². The van der Waals surface area contributed by atoms with Crippen molar-refractivity contribution in [1.82, 2.24) is 0 Å². The largest absolute Gasteiger partial charge is 0.467 e. The second-order valence-corrected chi connectivity index (χ2v) is 3.74. The molecule has 1 unspecified atom stereocenters. The van der Waals surface area contributed by atoms with Crippen molar-refractivity contribution < 1.29 is 14.3 Å². The van der Waals surface area contributed by atoms with E-state index in [0.29, 0.717) is 5.92 Å². The molecule has 0 bridgehead atoms. The Balaban J connectivity index is 3.77. The summed E-state index contributed by atoms with van der Waals surface area (Å²) in [7, 11) is 1.37. The lowest BCUT2D eigenvalue weighted by Crippen LogP contribution is -2.27. The van der Waals surface area contributed by atoms with Crippen LogP contribution in [0.4, 0.5) is 0 Å². The summed E-state index contributed by atoms with van der Waals surface area (Å²) in [4.78, 5) is 11.0. The second-order valence-electron chi connectivity index (χ2n) is 3.74. The number of hydrogen-bond acceptors (Lipinski definition) is 3. The van der Waals surface area contributed by atoms with Crippen LogP contribution >= 0.6 is 0 Å². The molecule has 0 saturated heterocycles. The average molecular weight is 188 g/mol. The quantitative estimate of drug-likeness (QED) is 0.619. The molecular formula is C10H20O3.